The van der Waals surface area contributed by atoms with E-state index in [1.807, 2.05) is 12.1 Å². The van der Waals surface area contributed by atoms with Crippen molar-refractivity contribution < 1.29 is 4.79 Å². The number of aryl methyl sites for hydroxylation is 1. The van der Waals surface area contributed by atoms with Crippen molar-refractivity contribution in [2.24, 2.45) is 0 Å². The van der Waals surface area contributed by atoms with Gasteiger partial charge in [-0.25, -0.2) is 4.79 Å². The van der Waals surface area contributed by atoms with Crippen LogP contribution in [0.25, 0.3) is 0 Å². The van der Waals surface area contributed by atoms with Gasteiger partial charge in [-0.2, -0.15) is 0 Å². The average Bonchev–Trinajstić information content (AvgIpc) is 2.38. The number of carbonyl (C=O) groups excluding carboxylic acids is 1. The van der Waals surface area contributed by atoms with E-state index in [0.717, 1.165) is 18.4 Å². The number of carbonyl (C=O) groups is 1. The smallest absolute Gasteiger partial charge is 0.315 e. The lowest BCUT2D eigenvalue weighted by Crippen LogP contribution is -2.42. The molecule has 1 aromatic rings. The van der Waals surface area contributed by atoms with Crippen molar-refractivity contribution in [3.05, 3.63) is 35.4 Å². The number of nitrogens with one attached hydrogen (secondary N) is 2. The number of hydrogen-bond acceptors (Lipinski definition) is 1. The average molecular weight is 246 g/mol. The second-order valence-corrected chi connectivity index (χ2v) is 5.15. The van der Waals surface area contributed by atoms with Crippen LogP contribution in [-0.4, -0.2) is 12.1 Å². The predicted octanol–water partition coefficient (Wildman–Crippen LogP) is 3.13. The predicted molar refractivity (Wildman–Crippen MR) is 73.4 cm³/mol. The van der Waals surface area contributed by atoms with Gasteiger partial charge in [0, 0.05) is 12.6 Å². The van der Waals surface area contributed by atoms with Gasteiger partial charge in [-0.15, -0.1) is 0 Å². The number of hydrogen-bond donors (Lipinski definition) is 2. The van der Waals surface area contributed by atoms with E-state index in [1.54, 1.807) is 0 Å². The Kier molecular flexibility index (Phi) is 4.62. The quantitative estimate of drug-likeness (QED) is 0.845. The van der Waals surface area contributed by atoms with Gasteiger partial charge in [0.25, 0.3) is 0 Å². The van der Waals surface area contributed by atoms with E-state index >= 15 is 0 Å². The molecule has 0 bridgehead atoms. The van der Waals surface area contributed by atoms with Crippen LogP contribution in [0.15, 0.2) is 24.3 Å². The SMILES string of the molecule is Cc1cccc(CNC(=O)NC2CCCCC2)c1. The highest BCUT2D eigenvalue weighted by molar-refractivity contribution is 5.74. The highest BCUT2D eigenvalue weighted by Gasteiger charge is 2.15. The molecule has 2 amide bonds. The summed E-state index contributed by atoms with van der Waals surface area (Å²) in [5, 5.41) is 5.98. The Hall–Kier alpha value is -1.51. The minimum absolute atomic E-state index is 0.0385. The summed E-state index contributed by atoms with van der Waals surface area (Å²) in [6, 6.07) is 8.55. The fourth-order valence-electron chi connectivity index (χ4n) is 2.49. The molecule has 0 heterocycles. The number of benzene rings is 1. The molecular weight excluding hydrogens is 224 g/mol. The van der Waals surface area contributed by atoms with Gasteiger partial charge in [-0.05, 0) is 25.3 Å². The van der Waals surface area contributed by atoms with Crippen LogP contribution in [0.2, 0.25) is 0 Å². The second kappa shape index (κ2) is 6.43. The minimum atomic E-state index is -0.0385. The Bertz CT molecular complexity index is 397. The molecule has 3 nitrogen and oxygen atoms in total. The zero-order chi connectivity index (χ0) is 12.8. The molecule has 3 heteroatoms. The summed E-state index contributed by atoms with van der Waals surface area (Å²) < 4.78 is 0. The van der Waals surface area contributed by atoms with Crippen molar-refractivity contribution in [1.82, 2.24) is 10.6 Å². The van der Waals surface area contributed by atoms with E-state index in [4.69, 9.17) is 0 Å². The summed E-state index contributed by atoms with van der Waals surface area (Å²) in [6.07, 6.45) is 6.03. The van der Waals surface area contributed by atoms with Crippen molar-refractivity contribution >= 4 is 6.03 Å². The first-order chi connectivity index (χ1) is 8.74. The first-order valence-electron chi connectivity index (χ1n) is 6.84. The third-order valence-electron chi connectivity index (χ3n) is 3.48. The standard InChI is InChI=1S/C15H22N2O/c1-12-6-5-7-13(10-12)11-16-15(18)17-14-8-3-2-4-9-14/h5-7,10,14H,2-4,8-9,11H2,1H3,(H2,16,17,18). The van der Waals surface area contributed by atoms with Crippen LogP contribution < -0.4 is 10.6 Å². The van der Waals surface area contributed by atoms with Crippen molar-refractivity contribution in [2.75, 3.05) is 0 Å². The van der Waals surface area contributed by atoms with E-state index in [0.29, 0.717) is 12.6 Å². The van der Waals surface area contributed by atoms with Crippen LogP contribution in [-0.2, 0) is 6.54 Å². The topological polar surface area (TPSA) is 41.1 Å². The summed E-state index contributed by atoms with van der Waals surface area (Å²) in [4.78, 5) is 11.7. The number of amides is 2. The van der Waals surface area contributed by atoms with Crippen LogP contribution >= 0.6 is 0 Å². The molecule has 0 atom stereocenters. The highest BCUT2D eigenvalue weighted by atomic mass is 16.2. The van der Waals surface area contributed by atoms with Gasteiger partial charge in [0.05, 0.1) is 0 Å². The molecule has 0 aliphatic heterocycles. The normalized spacial score (nSPS) is 16.3. The van der Waals surface area contributed by atoms with Gasteiger partial charge >= 0.3 is 6.03 Å². The lowest BCUT2D eigenvalue weighted by atomic mass is 9.96. The summed E-state index contributed by atoms with van der Waals surface area (Å²) in [7, 11) is 0. The molecule has 0 spiro atoms. The van der Waals surface area contributed by atoms with Gasteiger partial charge < -0.3 is 10.6 Å². The second-order valence-electron chi connectivity index (χ2n) is 5.15. The molecule has 98 valence electrons. The van der Waals surface area contributed by atoms with E-state index in [9.17, 15) is 4.79 Å². The van der Waals surface area contributed by atoms with Gasteiger partial charge in [0.1, 0.15) is 0 Å². The fourth-order valence-corrected chi connectivity index (χ4v) is 2.49. The lowest BCUT2D eigenvalue weighted by Gasteiger charge is -2.22. The third kappa shape index (κ3) is 4.06. The molecule has 1 saturated carbocycles. The summed E-state index contributed by atoms with van der Waals surface area (Å²) in [6.45, 7) is 2.66. The van der Waals surface area contributed by atoms with Crippen LogP contribution in [0.3, 0.4) is 0 Å². The Morgan fingerprint density at radius 2 is 2.06 bits per heavy atom. The van der Waals surface area contributed by atoms with E-state index in [2.05, 4.69) is 29.7 Å². The summed E-state index contributed by atoms with van der Waals surface area (Å²) in [5.41, 5.74) is 2.37. The molecule has 1 aromatic carbocycles. The molecule has 1 fully saturated rings. The van der Waals surface area contributed by atoms with Crippen LogP contribution in [0.5, 0.6) is 0 Å². The summed E-state index contributed by atoms with van der Waals surface area (Å²) in [5.74, 6) is 0. The monoisotopic (exact) mass is 246 g/mol. The van der Waals surface area contributed by atoms with E-state index in [-0.39, 0.29) is 6.03 Å². The maximum atomic E-state index is 11.7. The van der Waals surface area contributed by atoms with Gasteiger partial charge in [0.15, 0.2) is 0 Å². The van der Waals surface area contributed by atoms with Crippen molar-refractivity contribution in [3.8, 4) is 0 Å². The highest BCUT2D eigenvalue weighted by Crippen LogP contribution is 2.17. The van der Waals surface area contributed by atoms with Gasteiger partial charge in [-0.3, -0.25) is 0 Å². The fraction of sp³-hybridized carbons (Fsp3) is 0.533. The first-order valence-corrected chi connectivity index (χ1v) is 6.84. The Morgan fingerprint density at radius 1 is 1.28 bits per heavy atom. The minimum Gasteiger partial charge on any atom is -0.335 e. The maximum absolute atomic E-state index is 11.7. The molecule has 0 unspecified atom stereocenters. The van der Waals surface area contributed by atoms with Crippen molar-refractivity contribution in [1.29, 1.82) is 0 Å². The summed E-state index contributed by atoms with van der Waals surface area (Å²) >= 11 is 0. The Balaban J connectivity index is 1.74. The van der Waals surface area contributed by atoms with Crippen molar-refractivity contribution in [2.45, 2.75) is 51.6 Å². The molecule has 1 aliphatic carbocycles. The molecule has 2 rings (SSSR count). The van der Waals surface area contributed by atoms with Crippen molar-refractivity contribution in [3.63, 3.8) is 0 Å². The molecule has 18 heavy (non-hydrogen) atoms. The van der Waals surface area contributed by atoms with Crippen LogP contribution in [0, 0.1) is 6.92 Å². The zero-order valence-electron chi connectivity index (χ0n) is 11.0. The van der Waals surface area contributed by atoms with E-state index in [1.165, 1.54) is 24.8 Å². The third-order valence-corrected chi connectivity index (χ3v) is 3.48. The number of rotatable bonds is 3. The molecule has 2 N–H and O–H groups in total. The number of urea groups is 1. The lowest BCUT2D eigenvalue weighted by molar-refractivity contribution is 0.232. The maximum Gasteiger partial charge on any atom is 0.315 e. The molecule has 0 aromatic heterocycles. The zero-order valence-corrected chi connectivity index (χ0v) is 11.0. The molecule has 0 saturated heterocycles. The molecular formula is C15H22N2O. The Labute approximate surface area is 109 Å². The molecule has 0 radical (unpaired) electrons. The molecule has 1 aliphatic rings. The first kappa shape index (κ1) is 12.9. The largest absolute Gasteiger partial charge is 0.335 e. The Morgan fingerprint density at radius 3 is 2.78 bits per heavy atom. The van der Waals surface area contributed by atoms with Gasteiger partial charge in [-0.1, -0.05) is 49.1 Å². The van der Waals surface area contributed by atoms with E-state index < -0.39 is 0 Å². The van der Waals surface area contributed by atoms with Gasteiger partial charge in [0.2, 0.25) is 0 Å². The van der Waals surface area contributed by atoms with Crippen LogP contribution in [0.4, 0.5) is 4.79 Å². The van der Waals surface area contributed by atoms with Crippen LogP contribution in [0.1, 0.15) is 43.2 Å².